The molecular formula is C14H28N2OS. The van der Waals surface area contributed by atoms with Crippen molar-refractivity contribution in [2.75, 3.05) is 18.8 Å². The maximum absolute atomic E-state index is 12.2. The molecule has 0 aliphatic carbocycles. The van der Waals surface area contributed by atoms with E-state index in [1.54, 1.807) is 0 Å². The molecule has 1 rings (SSSR count). The summed E-state index contributed by atoms with van der Waals surface area (Å²) in [5.74, 6) is 1.31. The van der Waals surface area contributed by atoms with E-state index in [1.165, 1.54) is 0 Å². The molecule has 2 unspecified atom stereocenters. The van der Waals surface area contributed by atoms with Gasteiger partial charge in [0.1, 0.15) is 0 Å². The lowest BCUT2D eigenvalue weighted by atomic mass is 9.87. The van der Waals surface area contributed by atoms with Gasteiger partial charge in [-0.1, -0.05) is 27.7 Å². The Bertz CT molecular complexity index is 275. The zero-order valence-corrected chi connectivity index (χ0v) is 13.1. The third-order valence-electron chi connectivity index (χ3n) is 3.26. The number of nitrogens with zero attached hydrogens (tertiary/aromatic N) is 1. The minimum Gasteiger partial charge on any atom is -0.341 e. The normalized spacial score (nSPS) is 22.9. The lowest BCUT2D eigenvalue weighted by Gasteiger charge is -2.33. The fourth-order valence-electron chi connectivity index (χ4n) is 2.40. The molecule has 0 aromatic heterocycles. The van der Waals surface area contributed by atoms with Gasteiger partial charge < -0.3 is 10.6 Å². The van der Waals surface area contributed by atoms with E-state index in [0.717, 1.165) is 31.7 Å². The predicted molar refractivity (Wildman–Crippen MR) is 79.8 cm³/mol. The molecule has 4 heteroatoms. The molecule has 106 valence electrons. The Labute approximate surface area is 116 Å². The van der Waals surface area contributed by atoms with Crippen molar-refractivity contribution in [3.8, 4) is 0 Å². The van der Waals surface area contributed by atoms with Crippen LogP contribution in [0.2, 0.25) is 0 Å². The summed E-state index contributed by atoms with van der Waals surface area (Å²) in [4.78, 5) is 14.2. The van der Waals surface area contributed by atoms with Gasteiger partial charge in [-0.3, -0.25) is 4.79 Å². The second-order valence-corrected chi connectivity index (χ2v) is 7.88. The van der Waals surface area contributed by atoms with Gasteiger partial charge in [-0.05, 0) is 18.3 Å². The number of carbonyl (C=O) groups is 1. The second-order valence-electron chi connectivity index (χ2n) is 6.47. The summed E-state index contributed by atoms with van der Waals surface area (Å²) in [6, 6.07) is -0.00726. The van der Waals surface area contributed by atoms with Gasteiger partial charge in [0.2, 0.25) is 5.91 Å². The summed E-state index contributed by atoms with van der Waals surface area (Å²) in [7, 11) is 0. The Balaban J connectivity index is 2.40. The van der Waals surface area contributed by atoms with Crippen LogP contribution in [0.25, 0.3) is 0 Å². The third-order valence-corrected chi connectivity index (χ3v) is 4.63. The molecule has 1 saturated heterocycles. The summed E-state index contributed by atoms with van der Waals surface area (Å²) in [6.07, 6.45) is 2.54. The molecule has 1 aliphatic rings. The van der Waals surface area contributed by atoms with Crippen molar-refractivity contribution in [1.82, 2.24) is 4.90 Å². The van der Waals surface area contributed by atoms with Crippen LogP contribution < -0.4 is 5.73 Å². The van der Waals surface area contributed by atoms with Crippen LogP contribution in [0.1, 0.15) is 47.0 Å². The Morgan fingerprint density at radius 3 is 2.72 bits per heavy atom. The first-order chi connectivity index (χ1) is 8.31. The molecular weight excluding hydrogens is 244 g/mol. The number of amides is 1. The first kappa shape index (κ1) is 15.8. The van der Waals surface area contributed by atoms with E-state index in [-0.39, 0.29) is 17.4 Å². The Kier molecular flexibility index (Phi) is 5.99. The monoisotopic (exact) mass is 272 g/mol. The second kappa shape index (κ2) is 6.80. The van der Waals surface area contributed by atoms with Crippen LogP contribution >= 0.6 is 11.8 Å². The van der Waals surface area contributed by atoms with Crippen molar-refractivity contribution in [2.24, 2.45) is 11.1 Å². The van der Waals surface area contributed by atoms with Gasteiger partial charge in [-0.25, -0.2) is 0 Å². The quantitative estimate of drug-likeness (QED) is 0.855. The number of nitrogens with two attached hydrogens (primary N) is 1. The summed E-state index contributed by atoms with van der Waals surface area (Å²) in [5, 5.41) is 0.613. The standard InChI is InChI=1S/C14H28N2OS/c1-5-12-10-16(6-7-18-12)13(17)8-11(15)9-14(2,3)4/h11-12H,5-10,15H2,1-4H3. The van der Waals surface area contributed by atoms with Crippen LogP contribution in [0.4, 0.5) is 0 Å². The average molecular weight is 272 g/mol. The molecule has 0 aromatic carbocycles. The van der Waals surface area contributed by atoms with Gasteiger partial charge in [0.15, 0.2) is 0 Å². The summed E-state index contributed by atoms with van der Waals surface area (Å²) < 4.78 is 0. The fourth-order valence-corrected chi connectivity index (χ4v) is 3.59. The highest BCUT2D eigenvalue weighted by atomic mass is 32.2. The van der Waals surface area contributed by atoms with Crippen molar-refractivity contribution in [1.29, 1.82) is 0 Å². The molecule has 0 bridgehead atoms. The van der Waals surface area contributed by atoms with Gasteiger partial charge in [0.25, 0.3) is 0 Å². The molecule has 0 spiro atoms. The minimum atomic E-state index is -0.00726. The van der Waals surface area contributed by atoms with Gasteiger partial charge in [0, 0.05) is 36.6 Å². The van der Waals surface area contributed by atoms with Crippen molar-refractivity contribution in [3.63, 3.8) is 0 Å². The van der Waals surface area contributed by atoms with Crippen molar-refractivity contribution >= 4 is 17.7 Å². The average Bonchev–Trinajstić information content (AvgIpc) is 2.26. The highest BCUT2D eigenvalue weighted by molar-refractivity contribution is 8.00. The van der Waals surface area contributed by atoms with E-state index >= 15 is 0 Å². The molecule has 1 aliphatic heterocycles. The van der Waals surface area contributed by atoms with Crippen molar-refractivity contribution < 1.29 is 4.79 Å². The molecule has 2 N–H and O–H groups in total. The Morgan fingerprint density at radius 1 is 1.50 bits per heavy atom. The zero-order valence-electron chi connectivity index (χ0n) is 12.2. The maximum atomic E-state index is 12.2. The number of carbonyl (C=O) groups excluding carboxylic acids is 1. The first-order valence-electron chi connectivity index (χ1n) is 6.97. The number of hydrogen-bond acceptors (Lipinski definition) is 3. The number of hydrogen-bond donors (Lipinski definition) is 1. The zero-order chi connectivity index (χ0) is 13.8. The Hall–Kier alpha value is -0.220. The highest BCUT2D eigenvalue weighted by Crippen LogP contribution is 2.24. The molecule has 0 saturated carbocycles. The third kappa shape index (κ3) is 5.61. The van der Waals surface area contributed by atoms with Crippen LogP contribution in [0.3, 0.4) is 0 Å². The smallest absolute Gasteiger partial charge is 0.224 e. The number of rotatable bonds is 4. The molecule has 1 heterocycles. The van der Waals surface area contributed by atoms with E-state index in [9.17, 15) is 4.79 Å². The molecule has 1 amide bonds. The molecule has 18 heavy (non-hydrogen) atoms. The summed E-state index contributed by atoms with van der Waals surface area (Å²) in [6.45, 7) is 10.5. The van der Waals surface area contributed by atoms with E-state index < -0.39 is 0 Å². The van der Waals surface area contributed by atoms with Crippen LogP contribution in [-0.2, 0) is 4.79 Å². The lowest BCUT2D eigenvalue weighted by molar-refractivity contribution is -0.131. The van der Waals surface area contributed by atoms with Gasteiger partial charge in [-0.15, -0.1) is 0 Å². The minimum absolute atomic E-state index is 0.00726. The maximum Gasteiger partial charge on any atom is 0.224 e. The molecule has 0 aromatic rings. The lowest BCUT2D eigenvalue weighted by Crippen LogP contribution is -2.44. The SMILES string of the molecule is CCC1CN(C(=O)CC(N)CC(C)(C)C)CCS1. The van der Waals surface area contributed by atoms with Crippen molar-refractivity contribution in [2.45, 2.75) is 58.2 Å². The summed E-state index contributed by atoms with van der Waals surface area (Å²) in [5.41, 5.74) is 6.28. The number of thioether (sulfide) groups is 1. The van der Waals surface area contributed by atoms with Gasteiger partial charge in [-0.2, -0.15) is 11.8 Å². The van der Waals surface area contributed by atoms with E-state index in [0.29, 0.717) is 11.7 Å². The molecule has 2 atom stereocenters. The van der Waals surface area contributed by atoms with E-state index in [1.807, 2.05) is 16.7 Å². The van der Waals surface area contributed by atoms with Crippen LogP contribution in [0, 0.1) is 5.41 Å². The van der Waals surface area contributed by atoms with Crippen LogP contribution in [-0.4, -0.2) is 40.9 Å². The predicted octanol–water partition coefficient (Wildman–Crippen LogP) is 2.49. The van der Waals surface area contributed by atoms with Crippen LogP contribution in [0.15, 0.2) is 0 Å². The first-order valence-corrected chi connectivity index (χ1v) is 8.01. The Morgan fingerprint density at radius 2 is 2.17 bits per heavy atom. The largest absolute Gasteiger partial charge is 0.341 e. The van der Waals surface area contributed by atoms with E-state index in [2.05, 4.69) is 27.7 Å². The van der Waals surface area contributed by atoms with Gasteiger partial charge in [0.05, 0.1) is 0 Å². The van der Waals surface area contributed by atoms with Crippen molar-refractivity contribution in [3.05, 3.63) is 0 Å². The van der Waals surface area contributed by atoms with E-state index in [4.69, 9.17) is 5.73 Å². The summed E-state index contributed by atoms with van der Waals surface area (Å²) >= 11 is 1.99. The fraction of sp³-hybridized carbons (Fsp3) is 0.929. The molecule has 1 fully saturated rings. The highest BCUT2D eigenvalue weighted by Gasteiger charge is 2.25. The molecule has 0 radical (unpaired) electrons. The van der Waals surface area contributed by atoms with Gasteiger partial charge >= 0.3 is 0 Å². The topological polar surface area (TPSA) is 46.3 Å². The molecule has 3 nitrogen and oxygen atoms in total. The van der Waals surface area contributed by atoms with Crippen LogP contribution in [0.5, 0.6) is 0 Å².